The zero-order valence-electron chi connectivity index (χ0n) is 14.7. The van der Waals surface area contributed by atoms with Crippen molar-refractivity contribution in [2.24, 2.45) is 0 Å². The maximum absolute atomic E-state index is 13.3. The Labute approximate surface area is 165 Å². The van der Waals surface area contributed by atoms with E-state index >= 15 is 0 Å². The average Bonchev–Trinajstić information content (AvgIpc) is 3.13. The predicted octanol–water partition coefficient (Wildman–Crippen LogP) is 4.70. The van der Waals surface area contributed by atoms with Crippen LogP contribution in [0.1, 0.15) is 28.5 Å². The number of hydrogen-bond acceptors (Lipinski definition) is 4. The van der Waals surface area contributed by atoms with E-state index in [0.29, 0.717) is 16.5 Å². The molecule has 27 heavy (non-hydrogen) atoms. The monoisotopic (exact) mass is 399 g/mol. The van der Waals surface area contributed by atoms with Gasteiger partial charge in [-0.3, -0.25) is 9.36 Å². The summed E-state index contributed by atoms with van der Waals surface area (Å²) in [5.41, 5.74) is 2.31. The Kier molecular flexibility index (Phi) is 5.22. The second-order valence-corrected chi connectivity index (χ2v) is 8.05. The van der Waals surface area contributed by atoms with E-state index in [1.165, 1.54) is 28.8 Å². The first-order chi connectivity index (χ1) is 13.2. The molecule has 4 rings (SSSR count). The van der Waals surface area contributed by atoms with Gasteiger partial charge in [0.1, 0.15) is 11.5 Å². The van der Waals surface area contributed by atoms with E-state index in [2.05, 4.69) is 22.4 Å². The van der Waals surface area contributed by atoms with Gasteiger partial charge in [-0.25, -0.2) is 9.37 Å². The first-order valence-electron chi connectivity index (χ1n) is 8.57. The quantitative estimate of drug-likeness (QED) is 0.646. The molecule has 3 aromatic rings. The molecule has 0 bridgehead atoms. The number of imidazole rings is 1. The number of nitrogens with zero attached hydrogens (tertiary/aromatic N) is 2. The lowest BCUT2D eigenvalue weighted by molar-refractivity contribution is 0.0927. The maximum atomic E-state index is 13.3. The lowest BCUT2D eigenvalue weighted by atomic mass is 10.0. The molecule has 1 amide bonds. The smallest absolute Gasteiger partial charge is 0.270 e. The molecular formula is C20H18FN3OS2. The van der Waals surface area contributed by atoms with Gasteiger partial charge in [-0.2, -0.15) is 0 Å². The van der Waals surface area contributed by atoms with Crippen LogP contribution in [0.25, 0.3) is 5.69 Å². The van der Waals surface area contributed by atoms with Gasteiger partial charge in [0.05, 0.1) is 12.2 Å². The Morgan fingerprint density at radius 3 is 2.81 bits per heavy atom. The van der Waals surface area contributed by atoms with Crippen molar-refractivity contribution in [2.45, 2.75) is 22.5 Å². The molecule has 0 aliphatic carbocycles. The Morgan fingerprint density at radius 1 is 1.26 bits per heavy atom. The molecule has 0 fully saturated rings. The highest BCUT2D eigenvalue weighted by Crippen LogP contribution is 2.36. The molecular weight excluding hydrogens is 381 g/mol. The third-order valence-electron chi connectivity index (χ3n) is 4.49. The number of benzene rings is 2. The summed E-state index contributed by atoms with van der Waals surface area (Å²) < 4.78 is 15.1. The van der Waals surface area contributed by atoms with Crippen LogP contribution in [0.5, 0.6) is 0 Å². The Bertz CT molecular complexity index is 972. The summed E-state index contributed by atoms with van der Waals surface area (Å²) in [4.78, 5) is 18.6. The van der Waals surface area contributed by atoms with Crippen molar-refractivity contribution in [1.29, 1.82) is 0 Å². The number of fused-ring (bicyclic) bond motifs is 1. The summed E-state index contributed by atoms with van der Waals surface area (Å²) in [6.07, 6.45) is 4.36. The molecule has 4 nitrogen and oxygen atoms in total. The maximum Gasteiger partial charge on any atom is 0.270 e. The van der Waals surface area contributed by atoms with E-state index in [-0.39, 0.29) is 17.8 Å². The van der Waals surface area contributed by atoms with Gasteiger partial charge in [-0.1, -0.05) is 30.0 Å². The molecule has 138 valence electrons. The van der Waals surface area contributed by atoms with Gasteiger partial charge >= 0.3 is 0 Å². The molecule has 2 heterocycles. The molecule has 1 aromatic heterocycles. The molecule has 0 saturated heterocycles. The zero-order valence-corrected chi connectivity index (χ0v) is 16.3. The van der Waals surface area contributed by atoms with Crippen molar-refractivity contribution in [3.05, 3.63) is 71.8 Å². The molecule has 0 radical (unpaired) electrons. The minimum Gasteiger partial charge on any atom is -0.344 e. The van der Waals surface area contributed by atoms with Crippen LogP contribution in [-0.2, 0) is 0 Å². The van der Waals surface area contributed by atoms with Crippen LogP contribution in [-0.4, -0.2) is 27.5 Å². The van der Waals surface area contributed by atoms with Crippen LogP contribution in [0.2, 0.25) is 0 Å². The van der Waals surface area contributed by atoms with E-state index in [1.54, 1.807) is 22.9 Å². The molecule has 2 aromatic carbocycles. The zero-order chi connectivity index (χ0) is 18.8. The molecule has 0 unspecified atom stereocenters. The second-order valence-electron chi connectivity index (χ2n) is 6.14. The highest BCUT2D eigenvalue weighted by Gasteiger charge is 2.25. The number of nitrogens with one attached hydrogen (secondary N) is 1. The van der Waals surface area contributed by atoms with Crippen LogP contribution in [0, 0.1) is 5.82 Å². The largest absolute Gasteiger partial charge is 0.344 e. The highest BCUT2D eigenvalue weighted by molar-refractivity contribution is 7.99. The SMILES string of the molecule is CSc1ncc(C(=O)N[C@H]2CCSc3ccccc32)n1-c1ccc(F)cc1. The van der Waals surface area contributed by atoms with E-state index in [1.807, 2.05) is 30.2 Å². The number of amides is 1. The minimum atomic E-state index is -0.313. The first-order valence-corrected chi connectivity index (χ1v) is 10.8. The molecule has 1 N–H and O–H groups in total. The summed E-state index contributed by atoms with van der Waals surface area (Å²) in [6, 6.07) is 14.2. The molecule has 0 spiro atoms. The highest BCUT2D eigenvalue weighted by atomic mass is 32.2. The normalized spacial score (nSPS) is 16.0. The molecule has 1 aliphatic rings. The van der Waals surface area contributed by atoms with Crippen molar-refractivity contribution < 1.29 is 9.18 Å². The third-order valence-corrected chi connectivity index (χ3v) is 6.27. The standard InChI is InChI=1S/C20H18FN3OS2/c1-26-20-22-12-17(24(20)14-8-6-13(21)7-9-14)19(25)23-16-10-11-27-18-5-3-2-4-15(16)18/h2-9,12,16H,10-11H2,1H3,(H,23,25)/t16-/m0/s1. The van der Waals surface area contributed by atoms with Crippen LogP contribution in [0.4, 0.5) is 4.39 Å². The van der Waals surface area contributed by atoms with Crippen LogP contribution in [0.3, 0.4) is 0 Å². The third kappa shape index (κ3) is 3.61. The Morgan fingerprint density at radius 2 is 2.04 bits per heavy atom. The van der Waals surface area contributed by atoms with Gasteiger partial charge in [-0.15, -0.1) is 11.8 Å². The lowest BCUT2D eigenvalue weighted by Crippen LogP contribution is -2.32. The predicted molar refractivity (Wildman–Crippen MR) is 107 cm³/mol. The van der Waals surface area contributed by atoms with Crippen LogP contribution < -0.4 is 5.32 Å². The van der Waals surface area contributed by atoms with Crippen LogP contribution >= 0.6 is 23.5 Å². The molecule has 1 aliphatic heterocycles. The fraction of sp³-hybridized carbons (Fsp3) is 0.200. The number of carbonyl (C=O) groups excluding carboxylic acids is 1. The van der Waals surface area contributed by atoms with Gasteiger partial charge in [0.25, 0.3) is 5.91 Å². The van der Waals surface area contributed by atoms with E-state index in [9.17, 15) is 9.18 Å². The summed E-state index contributed by atoms with van der Waals surface area (Å²) >= 11 is 3.26. The van der Waals surface area contributed by atoms with Crippen molar-refractivity contribution >= 4 is 29.4 Å². The second kappa shape index (κ2) is 7.78. The number of thioether (sulfide) groups is 2. The van der Waals surface area contributed by atoms with Crippen molar-refractivity contribution in [2.75, 3.05) is 12.0 Å². The average molecular weight is 400 g/mol. The summed E-state index contributed by atoms with van der Waals surface area (Å²) in [6.45, 7) is 0. The minimum absolute atomic E-state index is 0.0238. The number of hydrogen-bond donors (Lipinski definition) is 1. The van der Waals surface area contributed by atoms with Crippen molar-refractivity contribution in [1.82, 2.24) is 14.9 Å². The summed E-state index contributed by atoms with van der Waals surface area (Å²) in [5, 5.41) is 3.84. The summed E-state index contributed by atoms with van der Waals surface area (Å²) in [5.74, 6) is 0.473. The molecule has 7 heteroatoms. The van der Waals surface area contributed by atoms with Gasteiger partial charge in [0, 0.05) is 16.3 Å². The van der Waals surface area contributed by atoms with E-state index in [0.717, 1.165) is 17.7 Å². The fourth-order valence-corrected chi connectivity index (χ4v) is 4.87. The molecule has 0 saturated carbocycles. The van der Waals surface area contributed by atoms with Gasteiger partial charge < -0.3 is 5.32 Å². The van der Waals surface area contributed by atoms with Gasteiger partial charge in [0.2, 0.25) is 0 Å². The van der Waals surface area contributed by atoms with Crippen molar-refractivity contribution in [3.63, 3.8) is 0 Å². The Balaban J connectivity index is 1.65. The fourth-order valence-electron chi connectivity index (χ4n) is 3.20. The lowest BCUT2D eigenvalue weighted by Gasteiger charge is -2.26. The van der Waals surface area contributed by atoms with Gasteiger partial charge in [-0.05, 0) is 48.6 Å². The van der Waals surface area contributed by atoms with Crippen molar-refractivity contribution in [3.8, 4) is 5.69 Å². The topological polar surface area (TPSA) is 46.9 Å². The van der Waals surface area contributed by atoms with E-state index in [4.69, 9.17) is 0 Å². The van der Waals surface area contributed by atoms with Gasteiger partial charge in [0.15, 0.2) is 5.16 Å². The number of rotatable bonds is 4. The number of carbonyl (C=O) groups is 1. The number of halogens is 1. The van der Waals surface area contributed by atoms with Crippen LogP contribution in [0.15, 0.2) is 64.8 Å². The molecule has 1 atom stereocenters. The number of aromatic nitrogens is 2. The summed E-state index contributed by atoms with van der Waals surface area (Å²) in [7, 11) is 0. The first kappa shape index (κ1) is 18.1. The van der Waals surface area contributed by atoms with E-state index < -0.39 is 0 Å². The Hall–Kier alpha value is -2.25.